The van der Waals surface area contributed by atoms with Gasteiger partial charge < -0.3 is 0 Å². The molecule has 0 amide bonds. The fourth-order valence-electron chi connectivity index (χ4n) is 0. The van der Waals surface area contributed by atoms with Crippen molar-refractivity contribution in [2.45, 2.75) is 0 Å². The second-order valence-corrected chi connectivity index (χ2v) is 0.247. The van der Waals surface area contributed by atoms with E-state index in [1.807, 2.05) is 0 Å². The first-order valence-corrected chi connectivity index (χ1v) is 0.748. The van der Waals surface area contributed by atoms with E-state index in [2.05, 4.69) is 0 Å². The van der Waals surface area contributed by atoms with Crippen LogP contribution in [0.4, 0.5) is 0 Å². The standard InChI is InChI=1S/CBNO.Na.H/c3-1-2-4;;. The summed E-state index contributed by atoms with van der Waals surface area (Å²) in [5.74, 6) is 1.25. The summed E-state index contributed by atoms with van der Waals surface area (Å²) in [7, 11) is 0.181. The Labute approximate surface area is 52.7 Å². The van der Waals surface area contributed by atoms with Crippen molar-refractivity contribution in [3.8, 4) is 5.97 Å². The Morgan fingerprint density at radius 1 is 1.80 bits per heavy atom. The van der Waals surface area contributed by atoms with Gasteiger partial charge in [-0.2, -0.15) is 0 Å². The molecule has 0 spiro atoms. The van der Waals surface area contributed by atoms with Gasteiger partial charge in [-0.15, -0.1) is 0 Å². The third-order valence-electron chi connectivity index (χ3n) is 0.0527. The molecule has 0 saturated carbocycles. The third-order valence-corrected chi connectivity index (χ3v) is 0.0527. The van der Waals surface area contributed by atoms with Crippen molar-refractivity contribution in [3.63, 3.8) is 0 Å². The fourth-order valence-corrected chi connectivity index (χ4v) is 0. The molecule has 0 bridgehead atoms. The van der Waals surface area contributed by atoms with Crippen LogP contribution in [0, 0.1) is 11.2 Å². The zero-order valence-corrected chi connectivity index (χ0v) is 1.93. The normalized spacial score (nSPS) is 2.20. The number of nitriles is 1. The van der Waals surface area contributed by atoms with Gasteiger partial charge in [0, 0.05) is 0 Å². The van der Waals surface area contributed by atoms with E-state index < -0.39 is 0 Å². The topological polar surface area (TPSA) is 40.9 Å². The second-order valence-electron chi connectivity index (χ2n) is 0.247. The van der Waals surface area contributed by atoms with Crippen LogP contribution < -0.4 is 0 Å². The molecule has 0 rings (SSSR count). The molecule has 2 nitrogen and oxygen atoms in total. The number of hydrogen-bond donors (Lipinski definition) is 0. The van der Waals surface area contributed by atoms with Crippen molar-refractivity contribution >= 4 is 36.7 Å². The van der Waals surface area contributed by atoms with Gasteiger partial charge in [-0.05, 0) is 0 Å². The van der Waals surface area contributed by atoms with E-state index in [0.717, 1.165) is 0 Å². The number of nitrogens with zero attached hydrogens (tertiary/aromatic N) is 1. The van der Waals surface area contributed by atoms with Gasteiger partial charge in [0.25, 0.3) is 0 Å². The summed E-state index contributed by atoms with van der Waals surface area (Å²) in [5, 5.41) is 7.26. The predicted octanol–water partition coefficient (Wildman–Crippen LogP) is -1.13. The molecular formula is CHBNNaO. The molecule has 0 N–H and O–H groups in total. The van der Waals surface area contributed by atoms with Crippen molar-refractivity contribution < 1.29 is 4.70 Å². The Hall–Kier alpha value is 0.355. The molecule has 0 aromatic rings. The van der Waals surface area contributed by atoms with E-state index in [1.54, 1.807) is 0 Å². The molecule has 0 aromatic carbocycles. The van der Waals surface area contributed by atoms with Crippen LogP contribution in [0.2, 0.25) is 0 Å². The van der Waals surface area contributed by atoms with Gasteiger partial charge in [0.2, 0.25) is 0 Å². The molecule has 0 aliphatic carbocycles. The van der Waals surface area contributed by atoms with E-state index in [4.69, 9.17) is 9.97 Å². The zero-order valence-electron chi connectivity index (χ0n) is 1.93. The third kappa shape index (κ3) is 13.2. The zero-order chi connectivity index (χ0) is 3.41. The van der Waals surface area contributed by atoms with E-state index in [1.165, 1.54) is 5.97 Å². The molecule has 0 fully saturated rings. The van der Waals surface area contributed by atoms with Gasteiger partial charge in [-0.1, -0.05) is 0 Å². The summed E-state index contributed by atoms with van der Waals surface area (Å²) in [6, 6.07) is 0. The second kappa shape index (κ2) is 8.84. The van der Waals surface area contributed by atoms with Crippen LogP contribution in [-0.4, -0.2) is 36.7 Å². The predicted molar refractivity (Wildman–Crippen MR) is 19.2 cm³/mol. The Morgan fingerprint density at radius 3 is 2.00 bits per heavy atom. The molecule has 0 heterocycles. The minimum absolute atomic E-state index is 0. The average molecular weight is 76.8 g/mol. The number of hydrogen-bond acceptors (Lipinski definition) is 2. The van der Waals surface area contributed by atoms with Crippen LogP contribution >= 0.6 is 0 Å². The van der Waals surface area contributed by atoms with Crippen LogP contribution in [0.1, 0.15) is 0 Å². The van der Waals surface area contributed by atoms with Crippen molar-refractivity contribution in [3.05, 3.63) is 0 Å². The summed E-state index contributed by atoms with van der Waals surface area (Å²) in [6.45, 7) is 0. The summed E-state index contributed by atoms with van der Waals surface area (Å²) in [5.41, 5.74) is 0. The monoisotopic (exact) mass is 77.0 g/mol. The molecule has 0 saturated heterocycles. The molecule has 0 aliphatic heterocycles. The molecule has 0 radical (unpaired) electrons. The first-order chi connectivity index (χ1) is 1.91. The van der Waals surface area contributed by atoms with Gasteiger partial charge >= 0.3 is 52.6 Å². The molecule has 5 heavy (non-hydrogen) atoms. The summed E-state index contributed by atoms with van der Waals surface area (Å²) in [4.78, 5) is 0. The molecule has 4 heteroatoms. The Bertz CT molecular complexity index is 57.2. The fraction of sp³-hybridized carbons (Fsp3) is 0. The van der Waals surface area contributed by atoms with Crippen LogP contribution in [0.5, 0.6) is 0 Å². The Morgan fingerprint density at radius 2 is 2.00 bits per heavy atom. The van der Waals surface area contributed by atoms with Gasteiger partial charge in [0.1, 0.15) is 0 Å². The quantitative estimate of drug-likeness (QED) is 0.343. The molecular weight excluding hydrogens is 75.8 g/mol. The SMILES string of the molecule is N#CB=O.[NaH]. The summed E-state index contributed by atoms with van der Waals surface area (Å²) < 4.78 is 8.81. The Kier molecular flexibility index (Phi) is 16.0. The average Bonchev–Trinajstić information content (AvgIpc) is 1.37. The first-order valence-electron chi connectivity index (χ1n) is 0.748. The molecule has 20 valence electrons. The maximum atomic E-state index is 8.81. The number of rotatable bonds is 0. The van der Waals surface area contributed by atoms with Crippen LogP contribution in [0.3, 0.4) is 0 Å². The van der Waals surface area contributed by atoms with Crippen LogP contribution in [-0.2, 0) is 4.70 Å². The van der Waals surface area contributed by atoms with E-state index in [-0.39, 0.29) is 36.7 Å². The van der Waals surface area contributed by atoms with Crippen molar-refractivity contribution in [1.82, 2.24) is 0 Å². The summed E-state index contributed by atoms with van der Waals surface area (Å²) in [6.07, 6.45) is 0. The first kappa shape index (κ1) is 9.02. The molecule has 0 aliphatic rings. The molecule has 0 aromatic heterocycles. The minimum atomic E-state index is 0. The van der Waals surface area contributed by atoms with Crippen molar-refractivity contribution in [1.29, 1.82) is 5.26 Å². The summed E-state index contributed by atoms with van der Waals surface area (Å²) >= 11 is 0. The Balaban J connectivity index is 0. The van der Waals surface area contributed by atoms with Gasteiger partial charge in [-0.25, -0.2) is 0 Å². The molecule has 0 atom stereocenters. The van der Waals surface area contributed by atoms with E-state index in [0.29, 0.717) is 0 Å². The van der Waals surface area contributed by atoms with Crippen molar-refractivity contribution in [2.24, 2.45) is 0 Å². The van der Waals surface area contributed by atoms with Crippen LogP contribution in [0.15, 0.2) is 0 Å². The van der Waals surface area contributed by atoms with Crippen LogP contribution in [0.25, 0.3) is 0 Å². The van der Waals surface area contributed by atoms with Gasteiger partial charge in [-0.3, -0.25) is 0 Å². The van der Waals surface area contributed by atoms with Gasteiger partial charge in [0.05, 0.1) is 0 Å². The van der Waals surface area contributed by atoms with E-state index >= 15 is 0 Å². The van der Waals surface area contributed by atoms with Gasteiger partial charge in [0.15, 0.2) is 0 Å². The van der Waals surface area contributed by atoms with E-state index in [9.17, 15) is 0 Å². The maximum absolute atomic E-state index is 8.81. The molecule has 0 unspecified atom stereocenters. The van der Waals surface area contributed by atoms with Crippen molar-refractivity contribution in [2.75, 3.05) is 0 Å².